The molecule has 1 aliphatic heterocycles. The number of nitrogens with two attached hydrogens (primary N) is 1. The van der Waals surface area contributed by atoms with Crippen LogP contribution in [0, 0.1) is 0 Å². The Balaban J connectivity index is 2.28. The maximum Gasteiger partial charge on any atom is 0.243 e. The van der Waals surface area contributed by atoms with Crippen LogP contribution in [0.5, 0.6) is 0 Å². The van der Waals surface area contributed by atoms with Crippen molar-refractivity contribution in [2.75, 3.05) is 13.1 Å². The summed E-state index contributed by atoms with van der Waals surface area (Å²) in [4.78, 5) is 0.346. The summed E-state index contributed by atoms with van der Waals surface area (Å²) in [5.74, 6) is 0. The first-order chi connectivity index (χ1) is 7.10. The van der Waals surface area contributed by atoms with Crippen LogP contribution >= 0.6 is 0 Å². The summed E-state index contributed by atoms with van der Waals surface area (Å²) in [6.07, 6.45) is 0.742. The van der Waals surface area contributed by atoms with Crippen molar-refractivity contribution < 1.29 is 8.42 Å². The number of benzene rings is 1. The number of nitrogens with zero attached hydrogens (tertiary/aromatic N) is 1. The minimum absolute atomic E-state index is 0.0245. The molecule has 4 nitrogen and oxygen atoms in total. The topological polar surface area (TPSA) is 63.4 Å². The maximum atomic E-state index is 12.1. The van der Waals surface area contributed by atoms with Crippen molar-refractivity contribution in [1.29, 1.82) is 0 Å². The van der Waals surface area contributed by atoms with Crippen LogP contribution in [-0.4, -0.2) is 31.9 Å². The lowest BCUT2D eigenvalue weighted by Crippen LogP contribution is -2.31. The minimum Gasteiger partial charge on any atom is -0.326 e. The standard InChI is InChI=1S/C10H14N2O2S/c11-9-6-7-12(8-9)15(13,14)10-4-2-1-3-5-10/h1-5,9H,6-8,11H2/t9-/m1/s1. The number of sulfonamides is 1. The van der Waals surface area contributed by atoms with E-state index in [9.17, 15) is 8.42 Å². The third kappa shape index (κ3) is 2.04. The largest absolute Gasteiger partial charge is 0.326 e. The minimum atomic E-state index is -3.32. The van der Waals surface area contributed by atoms with E-state index in [0.717, 1.165) is 6.42 Å². The zero-order chi connectivity index (χ0) is 10.9. The summed E-state index contributed by atoms with van der Waals surface area (Å²) in [6, 6.07) is 8.45. The lowest BCUT2D eigenvalue weighted by atomic mass is 10.3. The van der Waals surface area contributed by atoms with E-state index >= 15 is 0 Å². The lowest BCUT2D eigenvalue weighted by molar-refractivity contribution is 0.472. The van der Waals surface area contributed by atoms with Gasteiger partial charge in [-0.1, -0.05) is 18.2 Å². The monoisotopic (exact) mass is 226 g/mol. The van der Waals surface area contributed by atoms with Crippen molar-refractivity contribution in [1.82, 2.24) is 4.31 Å². The predicted molar refractivity (Wildman–Crippen MR) is 57.8 cm³/mol. The van der Waals surface area contributed by atoms with Crippen LogP contribution in [0.15, 0.2) is 35.2 Å². The molecule has 5 heteroatoms. The van der Waals surface area contributed by atoms with E-state index in [1.807, 2.05) is 0 Å². The highest BCUT2D eigenvalue weighted by Gasteiger charge is 2.30. The zero-order valence-corrected chi connectivity index (χ0v) is 9.15. The summed E-state index contributed by atoms with van der Waals surface area (Å²) >= 11 is 0. The smallest absolute Gasteiger partial charge is 0.243 e. The average molecular weight is 226 g/mol. The second-order valence-electron chi connectivity index (χ2n) is 3.72. The van der Waals surface area contributed by atoms with Gasteiger partial charge in [0.25, 0.3) is 0 Å². The van der Waals surface area contributed by atoms with Crippen molar-refractivity contribution in [3.63, 3.8) is 0 Å². The Morgan fingerprint density at radius 2 is 1.93 bits per heavy atom. The molecule has 0 amide bonds. The second-order valence-corrected chi connectivity index (χ2v) is 5.66. The summed E-state index contributed by atoms with van der Waals surface area (Å²) in [6.45, 7) is 0.954. The van der Waals surface area contributed by atoms with Crippen LogP contribution in [0.3, 0.4) is 0 Å². The van der Waals surface area contributed by atoms with Crippen molar-refractivity contribution in [3.8, 4) is 0 Å². The van der Waals surface area contributed by atoms with Crippen LogP contribution < -0.4 is 5.73 Å². The van der Waals surface area contributed by atoms with E-state index in [2.05, 4.69) is 0 Å². The molecule has 0 radical (unpaired) electrons. The number of rotatable bonds is 2. The van der Waals surface area contributed by atoms with Gasteiger partial charge in [-0.2, -0.15) is 4.31 Å². The van der Waals surface area contributed by atoms with Crippen LogP contribution in [0.4, 0.5) is 0 Å². The summed E-state index contributed by atoms with van der Waals surface area (Å²) in [5, 5.41) is 0. The van der Waals surface area contributed by atoms with Gasteiger partial charge in [0.1, 0.15) is 0 Å². The molecule has 1 atom stereocenters. The third-order valence-corrected chi connectivity index (χ3v) is 4.45. The van der Waals surface area contributed by atoms with Crippen LogP contribution in [0.25, 0.3) is 0 Å². The molecular formula is C10H14N2O2S. The number of hydrogen-bond donors (Lipinski definition) is 1. The molecule has 0 bridgehead atoms. The third-order valence-electron chi connectivity index (χ3n) is 2.57. The fourth-order valence-electron chi connectivity index (χ4n) is 1.71. The SMILES string of the molecule is N[C@@H]1CCN(S(=O)(=O)c2ccccc2)C1. The van der Waals surface area contributed by atoms with Gasteiger partial charge in [-0.25, -0.2) is 8.42 Å². The highest BCUT2D eigenvalue weighted by atomic mass is 32.2. The molecule has 0 aromatic heterocycles. The molecule has 1 saturated heterocycles. The Hall–Kier alpha value is -0.910. The van der Waals surface area contributed by atoms with Gasteiger partial charge in [-0.05, 0) is 18.6 Å². The molecule has 2 rings (SSSR count). The summed E-state index contributed by atoms with van der Waals surface area (Å²) in [5.41, 5.74) is 5.69. The predicted octanol–water partition coefficient (Wildman–Crippen LogP) is 0.408. The normalized spacial score (nSPS) is 23.1. The van der Waals surface area contributed by atoms with E-state index in [1.165, 1.54) is 4.31 Å². The van der Waals surface area contributed by atoms with E-state index < -0.39 is 10.0 Å². The fraction of sp³-hybridized carbons (Fsp3) is 0.400. The first-order valence-electron chi connectivity index (χ1n) is 4.91. The Kier molecular flexibility index (Phi) is 2.77. The molecule has 1 heterocycles. The quantitative estimate of drug-likeness (QED) is 0.794. The Morgan fingerprint density at radius 1 is 1.27 bits per heavy atom. The van der Waals surface area contributed by atoms with E-state index in [4.69, 9.17) is 5.73 Å². The van der Waals surface area contributed by atoms with Gasteiger partial charge < -0.3 is 5.73 Å². The van der Waals surface area contributed by atoms with Gasteiger partial charge in [-0.3, -0.25) is 0 Å². The van der Waals surface area contributed by atoms with Gasteiger partial charge in [-0.15, -0.1) is 0 Å². The van der Waals surface area contributed by atoms with Gasteiger partial charge >= 0.3 is 0 Å². The van der Waals surface area contributed by atoms with Crippen molar-refractivity contribution in [3.05, 3.63) is 30.3 Å². The van der Waals surface area contributed by atoms with Gasteiger partial charge in [0.05, 0.1) is 4.90 Å². The molecule has 1 aromatic rings. The Labute approximate surface area is 89.7 Å². The van der Waals surface area contributed by atoms with Gasteiger partial charge in [0, 0.05) is 19.1 Å². The van der Waals surface area contributed by atoms with Crippen LogP contribution in [0.2, 0.25) is 0 Å². The van der Waals surface area contributed by atoms with Crippen LogP contribution in [0.1, 0.15) is 6.42 Å². The molecule has 0 aliphatic carbocycles. The van der Waals surface area contributed by atoms with E-state index in [1.54, 1.807) is 30.3 Å². The highest BCUT2D eigenvalue weighted by molar-refractivity contribution is 7.89. The molecule has 82 valence electrons. The van der Waals surface area contributed by atoms with E-state index in [-0.39, 0.29) is 6.04 Å². The van der Waals surface area contributed by atoms with Crippen molar-refractivity contribution in [2.45, 2.75) is 17.4 Å². The van der Waals surface area contributed by atoms with Crippen molar-refractivity contribution >= 4 is 10.0 Å². The second kappa shape index (κ2) is 3.92. The highest BCUT2D eigenvalue weighted by Crippen LogP contribution is 2.19. The summed E-state index contributed by atoms with van der Waals surface area (Å²) < 4.78 is 25.6. The fourth-order valence-corrected chi connectivity index (χ4v) is 3.25. The van der Waals surface area contributed by atoms with Gasteiger partial charge in [0.15, 0.2) is 0 Å². The summed E-state index contributed by atoms with van der Waals surface area (Å²) in [7, 11) is -3.32. The Morgan fingerprint density at radius 3 is 2.47 bits per heavy atom. The molecule has 0 saturated carbocycles. The number of hydrogen-bond acceptors (Lipinski definition) is 3. The molecule has 0 unspecified atom stereocenters. The molecular weight excluding hydrogens is 212 g/mol. The molecule has 1 fully saturated rings. The molecule has 15 heavy (non-hydrogen) atoms. The molecule has 0 spiro atoms. The first kappa shape index (κ1) is 10.6. The first-order valence-corrected chi connectivity index (χ1v) is 6.35. The van der Waals surface area contributed by atoms with Crippen LogP contribution in [-0.2, 0) is 10.0 Å². The molecule has 1 aromatic carbocycles. The molecule has 2 N–H and O–H groups in total. The molecule has 1 aliphatic rings. The maximum absolute atomic E-state index is 12.1. The lowest BCUT2D eigenvalue weighted by Gasteiger charge is -2.15. The van der Waals surface area contributed by atoms with E-state index in [0.29, 0.717) is 18.0 Å². The average Bonchev–Trinajstić information content (AvgIpc) is 2.67. The zero-order valence-electron chi connectivity index (χ0n) is 8.33. The van der Waals surface area contributed by atoms with Gasteiger partial charge in [0.2, 0.25) is 10.0 Å². The Bertz CT molecular complexity index is 430. The van der Waals surface area contributed by atoms with Crippen molar-refractivity contribution in [2.24, 2.45) is 5.73 Å².